The molecule has 2 heterocycles. The van der Waals surface area contributed by atoms with Crippen molar-refractivity contribution in [3.05, 3.63) is 34.9 Å². The highest BCUT2D eigenvalue weighted by Crippen LogP contribution is 2.20. The predicted molar refractivity (Wildman–Crippen MR) is 62.2 cm³/mol. The lowest BCUT2D eigenvalue weighted by Gasteiger charge is -2.06. The van der Waals surface area contributed by atoms with Gasteiger partial charge in [0.15, 0.2) is 11.6 Å². The molecule has 0 aromatic carbocycles. The van der Waals surface area contributed by atoms with Gasteiger partial charge in [0.05, 0.1) is 0 Å². The minimum atomic E-state index is 0.473. The van der Waals surface area contributed by atoms with Crippen molar-refractivity contribution in [1.82, 2.24) is 19.9 Å². The summed E-state index contributed by atoms with van der Waals surface area (Å²) in [5.74, 6) is 0.968. The third-order valence-corrected chi connectivity index (χ3v) is 2.60. The standard InChI is InChI=1S/C11H11ClN4/c1-3-8-7(2)15-11(16-9(8)12)10-13-5-4-6-14-10/h4-6H,3H2,1-2H3. The van der Waals surface area contributed by atoms with E-state index in [1.165, 1.54) is 0 Å². The van der Waals surface area contributed by atoms with Gasteiger partial charge in [-0.2, -0.15) is 0 Å². The summed E-state index contributed by atoms with van der Waals surface area (Å²) in [4.78, 5) is 16.7. The van der Waals surface area contributed by atoms with Gasteiger partial charge >= 0.3 is 0 Å². The van der Waals surface area contributed by atoms with E-state index in [-0.39, 0.29) is 0 Å². The van der Waals surface area contributed by atoms with Crippen molar-refractivity contribution in [3.8, 4) is 11.6 Å². The molecule has 0 N–H and O–H groups in total. The van der Waals surface area contributed by atoms with Gasteiger partial charge < -0.3 is 0 Å². The number of aromatic nitrogens is 4. The van der Waals surface area contributed by atoms with E-state index in [0.29, 0.717) is 16.8 Å². The van der Waals surface area contributed by atoms with Gasteiger partial charge in [0.2, 0.25) is 0 Å². The summed E-state index contributed by atoms with van der Waals surface area (Å²) < 4.78 is 0. The van der Waals surface area contributed by atoms with Gasteiger partial charge in [-0.3, -0.25) is 0 Å². The van der Waals surface area contributed by atoms with Crippen LogP contribution in [0.25, 0.3) is 11.6 Å². The monoisotopic (exact) mass is 234 g/mol. The maximum atomic E-state index is 6.08. The third-order valence-electron chi connectivity index (χ3n) is 2.28. The van der Waals surface area contributed by atoms with Gasteiger partial charge in [-0.15, -0.1) is 0 Å². The number of nitrogens with zero attached hydrogens (tertiary/aromatic N) is 4. The summed E-state index contributed by atoms with van der Waals surface area (Å²) in [6.45, 7) is 3.94. The minimum absolute atomic E-state index is 0.473. The van der Waals surface area contributed by atoms with Crippen LogP contribution in [0.1, 0.15) is 18.2 Å². The molecule has 0 saturated carbocycles. The van der Waals surface area contributed by atoms with Crippen LogP contribution in [-0.2, 0) is 6.42 Å². The zero-order chi connectivity index (χ0) is 11.5. The van der Waals surface area contributed by atoms with Crippen molar-refractivity contribution in [2.24, 2.45) is 0 Å². The van der Waals surface area contributed by atoms with Crippen LogP contribution in [0.4, 0.5) is 0 Å². The lowest BCUT2D eigenvalue weighted by molar-refractivity contribution is 0.981. The van der Waals surface area contributed by atoms with Gasteiger partial charge in [-0.1, -0.05) is 18.5 Å². The molecular weight excluding hydrogens is 224 g/mol. The van der Waals surface area contributed by atoms with Gasteiger partial charge in [-0.25, -0.2) is 19.9 Å². The van der Waals surface area contributed by atoms with Crippen molar-refractivity contribution in [2.75, 3.05) is 0 Å². The summed E-state index contributed by atoms with van der Waals surface area (Å²) in [5, 5.41) is 0.484. The fourth-order valence-electron chi connectivity index (χ4n) is 1.48. The normalized spacial score (nSPS) is 10.4. The van der Waals surface area contributed by atoms with Crippen LogP contribution in [-0.4, -0.2) is 19.9 Å². The second-order valence-corrected chi connectivity index (χ2v) is 3.69. The van der Waals surface area contributed by atoms with Crippen molar-refractivity contribution < 1.29 is 0 Å². The van der Waals surface area contributed by atoms with Gasteiger partial charge in [-0.05, 0) is 19.4 Å². The molecule has 4 nitrogen and oxygen atoms in total. The Hall–Kier alpha value is -1.55. The molecule has 82 valence electrons. The number of halogens is 1. The number of rotatable bonds is 2. The molecule has 5 heteroatoms. The van der Waals surface area contributed by atoms with Crippen molar-refractivity contribution in [2.45, 2.75) is 20.3 Å². The predicted octanol–water partition coefficient (Wildman–Crippen LogP) is 2.46. The summed E-state index contributed by atoms with van der Waals surface area (Å²) >= 11 is 6.08. The van der Waals surface area contributed by atoms with E-state index in [4.69, 9.17) is 11.6 Å². The average Bonchev–Trinajstić information content (AvgIpc) is 2.30. The Bertz CT molecular complexity index is 476. The highest BCUT2D eigenvalue weighted by atomic mass is 35.5. The molecule has 16 heavy (non-hydrogen) atoms. The van der Waals surface area contributed by atoms with Crippen molar-refractivity contribution in [3.63, 3.8) is 0 Å². The second kappa shape index (κ2) is 4.53. The van der Waals surface area contributed by atoms with Crippen LogP contribution in [0.5, 0.6) is 0 Å². The highest BCUT2D eigenvalue weighted by molar-refractivity contribution is 6.30. The molecule has 0 spiro atoms. The zero-order valence-electron chi connectivity index (χ0n) is 9.11. The third kappa shape index (κ3) is 2.02. The lowest BCUT2D eigenvalue weighted by Crippen LogP contribution is -2.01. The molecule has 0 fully saturated rings. The van der Waals surface area contributed by atoms with Gasteiger partial charge in [0.25, 0.3) is 0 Å². The molecule has 0 atom stereocenters. The quantitative estimate of drug-likeness (QED) is 0.749. The number of hydrogen-bond donors (Lipinski definition) is 0. The average molecular weight is 235 g/mol. The van der Waals surface area contributed by atoms with Crippen molar-refractivity contribution in [1.29, 1.82) is 0 Å². The number of aryl methyl sites for hydroxylation is 1. The van der Waals surface area contributed by atoms with E-state index in [2.05, 4.69) is 19.9 Å². The first kappa shape index (κ1) is 11.0. The Morgan fingerprint density at radius 2 is 1.81 bits per heavy atom. The summed E-state index contributed by atoms with van der Waals surface area (Å²) in [7, 11) is 0. The Kier molecular flexibility index (Phi) is 3.10. The maximum Gasteiger partial charge on any atom is 0.199 e. The van der Waals surface area contributed by atoms with Crippen molar-refractivity contribution >= 4 is 11.6 Å². The second-order valence-electron chi connectivity index (χ2n) is 3.33. The van der Waals surface area contributed by atoms with E-state index in [1.54, 1.807) is 18.5 Å². The minimum Gasteiger partial charge on any atom is -0.234 e. The molecule has 0 aliphatic carbocycles. The summed E-state index contributed by atoms with van der Waals surface area (Å²) in [6, 6.07) is 1.75. The first-order valence-electron chi connectivity index (χ1n) is 5.02. The van der Waals surface area contributed by atoms with Gasteiger partial charge in [0.1, 0.15) is 5.15 Å². The smallest absolute Gasteiger partial charge is 0.199 e. The van der Waals surface area contributed by atoms with Crippen LogP contribution in [0.15, 0.2) is 18.5 Å². The molecular formula is C11H11ClN4. The van der Waals surface area contributed by atoms with E-state index in [1.807, 2.05) is 13.8 Å². The Labute approximate surface area is 98.8 Å². The molecule has 0 bridgehead atoms. The fraction of sp³-hybridized carbons (Fsp3) is 0.273. The van der Waals surface area contributed by atoms with E-state index < -0.39 is 0 Å². The Balaban J connectivity index is 2.53. The van der Waals surface area contributed by atoms with E-state index >= 15 is 0 Å². The SMILES string of the molecule is CCc1c(C)nc(-c2ncccn2)nc1Cl. The molecule has 0 aliphatic heterocycles. The number of hydrogen-bond acceptors (Lipinski definition) is 4. The van der Waals surface area contributed by atoms with Crippen LogP contribution in [0.2, 0.25) is 5.15 Å². The molecule has 0 saturated heterocycles. The molecule has 2 aromatic heterocycles. The summed E-state index contributed by atoms with van der Waals surface area (Å²) in [6.07, 6.45) is 4.13. The largest absolute Gasteiger partial charge is 0.234 e. The van der Waals surface area contributed by atoms with E-state index in [0.717, 1.165) is 17.7 Å². The molecule has 2 aromatic rings. The highest BCUT2D eigenvalue weighted by Gasteiger charge is 2.11. The molecule has 0 aliphatic rings. The maximum absolute atomic E-state index is 6.08. The van der Waals surface area contributed by atoms with E-state index in [9.17, 15) is 0 Å². The zero-order valence-corrected chi connectivity index (χ0v) is 9.86. The molecule has 2 rings (SSSR count). The topological polar surface area (TPSA) is 51.6 Å². The lowest BCUT2D eigenvalue weighted by atomic mass is 10.2. The van der Waals surface area contributed by atoms with Crippen LogP contribution in [0.3, 0.4) is 0 Å². The van der Waals surface area contributed by atoms with Crippen LogP contribution < -0.4 is 0 Å². The Morgan fingerprint density at radius 3 is 2.38 bits per heavy atom. The molecule has 0 radical (unpaired) electrons. The van der Waals surface area contributed by atoms with Crippen LogP contribution in [0, 0.1) is 6.92 Å². The Morgan fingerprint density at radius 1 is 1.12 bits per heavy atom. The van der Waals surface area contributed by atoms with Crippen LogP contribution >= 0.6 is 11.6 Å². The summed E-state index contributed by atoms with van der Waals surface area (Å²) in [5.41, 5.74) is 1.85. The molecule has 0 amide bonds. The first-order chi connectivity index (χ1) is 7.72. The van der Waals surface area contributed by atoms with Gasteiger partial charge in [0, 0.05) is 23.7 Å². The fourth-order valence-corrected chi connectivity index (χ4v) is 1.83. The molecule has 0 unspecified atom stereocenters. The first-order valence-corrected chi connectivity index (χ1v) is 5.40.